The van der Waals surface area contributed by atoms with Crippen LogP contribution in [0.1, 0.15) is 16.7 Å². The van der Waals surface area contributed by atoms with Crippen LogP contribution in [-0.4, -0.2) is 17.9 Å². The zero-order valence-electron chi connectivity index (χ0n) is 11.9. The Morgan fingerprint density at radius 3 is 2.50 bits per heavy atom. The molecule has 0 radical (unpaired) electrons. The maximum atomic E-state index is 11.4. The first-order chi connectivity index (χ1) is 10.3. The first kappa shape index (κ1) is 16.1. The Hall–Kier alpha value is -2.25. The fraction of sp³-hybridized carbons (Fsp3) is 0.200. The van der Waals surface area contributed by atoms with Crippen molar-refractivity contribution in [2.75, 3.05) is 0 Å². The second-order valence-electron chi connectivity index (χ2n) is 5.01. The van der Waals surface area contributed by atoms with Crippen LogP contribution >= 0.6 is 0 Å². The highest BCUT2D eigenvalue weighted by molar-refractivity contribution is 7.85. The first-order valence-corrected chi connectivity index (χ1v) is 8.02. The maximum Gasteiger partial charge on any atom is 0.294 e. The van der Waals surface area contributed by atoms with E-state index < -0.39 is 15.0 Å². The van der Waals surface area contributed by atoms with Crippen molar-refractivity contribution in [1.29, 1.82) is 0 Å². The second-order valence-corrected chi connectivity index (χ2v) is 6.40. The highest BCUT2D eigenvalue weighted by Gasteiger charge is 2.15. The predicted octanol–water partition coefficient (Wildman–Crippen LogP) is 2.94. The zero-order valence-corrected chi connectivity index (χ0v) is 12.7. The van der Waals surface area contributed by atoms with Gasteiger partial charge >= 0.3 is 0 Å². The molecule has 22 heavy (non-hydrogen) atoms. The molecule has 7 heteroatoms. The summed E-state index contributed by atoms with van der Waals surface area (Å²) in [5, 5.41) is 10.8. The van der Waals surface area contributed by atoms with Crippen LogP contribution in [-0.2, 0) is 23.0 Å². The number of hydrogen-bond acceptors (Lipinski definition) is 4. The number of aryl methyl sites for hydroxylation is 3. The molecule has 0 aliphatic heterocycles. The molecule has 2 rings (SSSR count). The molecule has 0 aliphatic carbocycles. The number of nitro benzene ring substituents is 1. The molecule has 116 valence electrons. The van der Waals surface area contributed by atoms with Crippen molar-refractivity contribution in [2.45, 2.75) is 24.7 Å². The fourth-order valence-electron chi connectivity index (χ4n) is 2.26. The Morgan fingerprint density at radius 1 is 1.14 bits per heavy atom. The Bertz CT molecular complexity index is 814. The molecular formula is C15H15NO5S. The first-order valence-electron chi connectivity index (χ1n) is 6.58. The van der Waals surface area contributed by atoms with Crippen molar-refractivity contribution >= 4 is 15.8 Å². The number of nitrogens with zero attached hydrogens (tertiary/aromatic N) is 1. The molecule has 0 spiro atoms. The van der Waals surface area contributed by atoms with E-state index in [1.54, 1.807) is 24.3 Å². The molecule has 0 saturated carbocycles. The van der Waals surface area contributed by atoms with Crippen LogP contribution in [0.2, 0.25) is 0 Å². The lowest BCUT2D eigenvalue weighted by molar-refractivity contribution is -0.384. The van der Waals surface area contributed by atoms with Gasteiger partial charge in [-0.1, -0.05) is 29.8 Å². The van der Waals surface area contributed by atoms with E-state index in [2.05, 4.69) is 0 Å². The third kappa shape index (κ3) is 3.90. The predicted molar refractivity (Wildman–Crippen MR) is 81.5 cm³/mol. The normalized spacial score (nSPS) is 11.4. The second kappa shape index (κ2) is 6.25. The van der Waals surface area contributed by atoms with E-state index in [9.17, 15) is 23.1 Å². The molecule has 0 aliphatic rings. The van der Waals surface area contributed by atoms with Gasteiger partial charge in [0.05, 0.1) is 9.82 Å². The van der Waals surface area contributed by atoms with Crippen molar-refractivity contribution in [2.24, 2.45) is 0 Å². The molecule has 6 nitrogen and oxygen atoms in total. The summed E-state index contributed by atoms with van der Waals surface area (Å²) in [5.74, 6) is 0. The Morgan fingerprint density at radius 2 is 1.86 bits per heavy atom. The van der Waals surface area contributed by atoms with Crippen molar-refractivity contribution < 1.29 is 17.9 Å². The quantitative estimate of drug-likeness (QED) is 0.519. The molecule has 2 aromatic carbocycles. The monoisotopic (exact) mass is 321 g/mol. The minimum absolute atomic E-state index is 0.00301. The van der Waals surface area contributed by atoms with E-state index in [-0.39, 0.29) is 10.6 Å². The minimum Gasteiger partial charge on any atom is -0.282 e. The number of hydrogen-bond donors (Lipinski definition) is 1. The molecule has 0 bridgehead atoms. The van der Waals surface area contributed by atoms with Crippen molar-refractivity contribution in [1.82, 2.24) is 0 Å². The van der Waals surface area contributed by atoms with E-state index in [1.165, 1.54) is 18.2 Å². The van der Waals surface area contributed by atoms with Gasteiger partial charge in [0.1, 0.15) is 0 Å². The Kier molecular flexibility index (Phi) is 4.58. The van der Waals surface area contributed by atoms with Crippen molar-refractivity contribution in [3.8, 4) is 0 Å². The largest absolute Gasteiger partial charge is 0.294 e. The summed E-state index contributed by atoms with van der Waals surface area (Å²) >= 11 is 0. The lowest BCUT2D eigenvalue weighted by Crippen LogP contribution is -2.05. The molecule has 2 aromatic rings. The molecule has 0 heterocycles. The molecule has 0 fully saturated rings. The van der Waals surface area contributed by atoms with Crippen LogP contribution in [0.3, 0.4) is 0 Å². The highest BCUT2D eigenvalue weighted by atomic mass is 32.2. The third-order valence-electron chi connectivity index (χ3n) is 3.30. The fourth-order valence-corrected chi connectivity index (χ4v) is 2.99. The van der Waals surface area contributed by atoms with Crippen LogP contribution in [0.25, 0.3) is 0 Å². The van der Waals surface area contributed by atoms with Gasteiger partial charge in [-0.15, -0.1) is 0 Å². The third-order valence-corrected chi connectivity index (χ3v) is 4.25. The van der Waals surface area contributed by atoms with E-state index in [0.29, 0.717) is 18.4 Å². The molecule has 0 amide bonds. The smallest absolute Gasteiger partial charge is 0.282 e. The van der Waals surface area contributed by atoms with E-state index in [0.717, 1.165) is 11.1 Å². The van der Waals surface area contributed by atoms with Crippen molar-refractivity contribution in [3.05, 3.63) is 69.3 Å². The van der Waals surface area contributed by atoms with Crippen LogP contribution in [0.5, 0.6) is 0 Å². The van der Waals surface area contributed by atoms with Gasteiger partial charge in [-0.25, -0.2) is 0 Å². The molecule has 0 saturated heterocycles. The average molecular weight is 321 g/mol. The highest BCUT2D eigenvalue weighted by Crippen LogP contribution is 2.20. The van der Waals surface area contributed by atoms with Gasteiger partial charge in [0.25, 0.3) is 15.8 Å². The van der Waals surface area contributed by atoms with Crippen LogP contribution in [0.4, 0.5) is 5.69 Å². The van der Waals surface area contributed by atoms with Crippen LogP contribution < -0.4 is 0 Å². The lowest BCUT2D eigenvalue weighted by Gasteiger charge is -2.08. The summed E-state index contributed by atoms with van der Waals surface area (Å²) < 4.78 is 32.0. The summed E-state index contributed by atoms with van der Waals surface area (Å²) in [4.78, 5) is 10.2. The van der Waals surface area contributed by atoms with Gasteiger partial charge in [-0.05, 0) is 37.0 Å². The summed E-state index contributed by atoms with van der Waals surface area (Å²) in [5.41, 5.74) is 2.10. The molecular weight excluding hydrogens is 306 g/mol. The SMILES string of the molecule is Cc1ccc(S(=O)(=O)O)c(CCc2cccc([N+](=O)[O-])c2)c1. The Labute approximate surface area is 128 Å². The maximum absolute atomic E-state index is 11.4. The lowest BCUT2D eigenvalue weighted by atomic mass is 10.0. The number of nitro groups is 1. The topological polar surface area (TPSA) is 97.5 Å². The Balaban J connectivity index is 2.27. The average Bonchev–Trinajstić information content (AvgIpc) is 2.44. The van der Waals surface area contributed by atoms with Gasteiger partial charge in [0.2, 0.25) is 0 Å². The van der Waals surface area contributed by atoms with Crippen molar-refractivity contribution in [3.63, 3.8) is 0 Å². The van der Waals surface area contributed by atoms with E-state index >= 15 is 0 Å². The van der Waals surface area contributed by atoms with Gasteiger partial charge in [0.15, 0.2) is 0 Å². The summed E-state index contributed by atoms with van der Waals surface area (Å²) in [7, 11) is -4.28. The minimum atomic E-state index is -4.28. The summed E-state index contributed by atoms with van der Waals surface area (Å²) in [6.07, 6.45) is 0.797. The van der Waals surface area contributed by atoms with E-state index in [1.807, 2.05) is 6.92 Å². The van der Waals surface area contributed by atoms with Gasteiger partial charge < -0.3 is 0 Å². The molecule has 1 N–H and O–H groups in total. The molecule has 0 unspecified atom stereocenters. The van der Waals surface area contributed by atoms with Gasteiger partial charge in [-0.3, -0.25) is 14.7 Å². The number of non-ortho nitro benzene ring substituents is 1. The van der Waals surface area contributed by atoms with Crippen LogP contribution in [0, 0.1) is 17.0 Å². The van der Waals surface area contributed by atoms with Gasteiger partial charge in [0, 0.05) is 12.1 Å². The number of rotatable bonds is 5. The molecule has 0 aromatic heterocycles. The van der Waals surface area contributed by atoms with E-state index in [4.69, 9.17) is 0 Å². The van der Waals surface area contributed by atoms with Crippen LogP contribution in [0.15, 0.2) is 47.4 Å². The zero-order chi connectivity index (χ0) is 16.3. The number of benzene rings is 2. The summed E-state index contributed by atoms with van der Waals surface area (Å²) in [6, 6.07) is 10.9. The summed E-state index contributed by atoms with van der Waals surface area (Å²) in [6.45, 7) is 1.82. The molecule has 0 atom stereocenters. The van der Waals surface area contributed by atoms with Gasteiger partial charge in [-0.2, -0.15) is 8.42 Å². The standard InChI is InChI=1S/C15H15NO5S/c1-11-5-8-15(22(19,20)21)13(9-11)7-6-12-3-2-4-14(10-12)16(17)18/h2-5,8-10H,6-7H2,1H3,(H,19,20,21).